The van der Waals surface area contributed by atoms with E-state index in [1.54, 1.807) is 11.8 Å². The number of hydrogen-bond donors (Lipinski definition) is 2. The summed E-state index contributed by atoms with van der Waals surface area (Å²) in [4.78, 5) is 13.1. The summed E-state index contributed by atoms with van der Waals surface area (Å²) < 4.78 is 0. The van der Waals surface area contributed by atoms with Gasteiger partial charge in [0.15, 0.2) is 0 Å². The van der Waals surface area contributed by atoms with Crippen molar-refractivity contribution in [2.24, 2.45) is 0 Å². The van der Waals surface area contributed by atoms with Gasteiger partial charge in [0, 0.05) is 16.6 Å². The SMILES string of the molecule is CCCC(C)NC(=O)C(C)Sc1cc(N)ccc1C. The van der Waals surface area contributed by atoms with Crippen molar-refractivity contribution in [1.29, 1.82) is 0 Å². The number of carbonyl (C=O) groups excluding carboxylic acids is 1. The van der Waals surface area contributed by atoms with Crippen LogP contribution in [0.5, 0.6) is 0 Å². The first-order chi connectivity index (χ1) is 8.93. The van der Waals surface area contributed by atoms with Crippen molar-refractivity contribution in [3.8, 4) is 0 Å². The van der Waals surface area contributed by atoms with Gasteiger partial charge in [0.1, 0.15) is 0 Å². The van der Waals surface area contributed by atoms with Crippen LogP contribution in [-0.2, 0) is 4.79 Å². The Morgan fingerprint density at radius 1 is 1.42 bits per heavy atom. The van der Waals surface area contributed by atoms with E-state index in [0.717, 1.165) is 29.0 Å². The lowest BCUT2D eigenvalue weighted by molar-refractivity contribution is -0.120. The van der Waals surface area contributed by atoms with E-state index in [2.05, 4.69) is 12.2 Å². The zero-order valence-corrected chi connectivity index (χ0v) is 13.0. The van der Waals surface area contributed by atoms with E-state index >= 15 is 0 Å². The Balaban J connectivity index is 2.61. The van der Waals surface area contributed by atoms with E-state index in [4.69, 9.17) is 5.73 Å². The molecule has 0 bridgehead atoms. The third-order valence-electron chi connectivity index (χ3n) is 3.00. The molecule has 0 saturated heterocycles. The van der Waals surface area contributed by atoms with Crippen molar-refractivity contribution in [1.82, 2.24) is 5.32 Å². The Morgan fingerprint density at radius 3 is 2.74 bits per heavy atom. The van der Waals surface area contributed by atoms with Gasteiger partial charge in [0.05, 0.1) is 5.25 Å². The molecule has 1 amide bonds. The first kappa shape index (κ1) is 15.9. The molecular formula is C15H24N2OS. The number of nitrogens with two attached hydrogens (primary N) is 1. The highest BCUT2D eigenvalue weighted by molar-refractivity contribution is 8.00. The van der Waals surface area contributed by atoms with Gasteiger partial charge >= 0.3 is 0 Å². The van der Waals surface area contributed by atoms with Gasteiger partial charge in [0.25, 0.3) is 0 Å². The summed E-state index contributed by atoms with van der Waals surface area (Å²) >= 11 is 1.56. The zero-order chi connectivity index (χ0) is 14.4. The predicted molar refractivity (Wildman–Crippen MR) is 83.4 cm³/mol. The van der Waals surface area contributed by atoms with Crippen molar-refractivity contribution in [2.75, 3.05) is 5.73 Å². The average Bonchev–Trinajstić information content (AvgIpc) is 2.34. The molecule has 2 unspecified atom stereocenters. The molecule has 1 aromatic carbocycles. The van der Waals surface area contributed by atoms with Crippen molar-refractivity contribution >= 4 is 23.4 Å². The molecule has 0 aliphatic carbocycles. The molecule has 0 radical (unpaired) electrons. The van der Waals surface area contributed by atoms with E-state index < -0.39 is 0 Å². The minimum absolute atomic E-state index is 0.0905. The lowest BCUT2D eigenvalue weighted by Gasteiger charge is -2.17. The highest BCUT2D eigenvalue weighted by atomic mass is 32.2. The number of carbonyl (C=O) groups is 1. The molecule has 1 rings (SSSR count). The Kier molecular flexibility index (Phi) is 6.22. The monoisotopic (exact) mass is 280 g/mol. The molecule has 0 aliphatic rings. The number of nitrogen functional groups attached to an aromatic ring is 1. The quantitative estimate of drug-likeness (QED) is 0.620. The molecule has 0 heterocycles. The lowest BCUT2D eigenvalue weighted by atomic mass is 10.2. The van der Waals surface area contributed by atoms with Crippen LogP contribution in [0, 0.1) is 6.92 Å². The van der Waals surface area contributed by atoms with Crippen LogP contribution in [0.4, 0.5) is 5.69 Å². The predicted octanol–water partition coefficient (Wildman–Crippen LogP) is 3.36. The van der Waals surface area contributed by atoms with E-state index in [9.17, 15) is 4.79 Å². The zero-order valence-electron chi connectivity index (χ0n) is 12.2. The Hall–Kier alpha value is -1.16. The first-order valence-electron chi connectivity index (χ1n) is 6.77. The summed E-state index contributed by atoms with van der Waals surface area (Å²) in [5.74, 6) is 0.0905. The van der Waals surface area contributed by atoms with Crippen molar-refractivity contribution < 1.29 is 4.79 Å². The van der Waals surface area contributed by atoms with Gasteiger partial charge < -0.3 is 11.1 Å². The summed E-state index contributed by atoms with van der Waals surface area (Å²) in [6.45, 7) is 8.13. The second-order valence-electron chi connectivity index (χ2n) is 4.98. The van der Waals surface area contributed by atoms with Crippen molar-refractivity contribution in [3.05, 3.63) is 23.8 Å². The normalized spacial score (nSPS) is 13.9. The van der Waals surface area contributed by atoms with E-state index in [0.29, 0.717) is 0 Å². The topological polar surface area (TPSA) is 55.1 Å². The van der Waals surface area contributed by atoms with Crippen molar-refractivity contribution in [3.63, 3.8) is 0 Å². The van der Waals surface area contributed by atoms with Crippen LogP contribution >= 0.6 is 11.8 Å². The third kappa shape index (κ3) is 5.15. The van der Waals surface area contributed by atoms with Gasteiger partial charge in [-0.15, -0.1) is 11.8 Å². The van der Waals surface area contributed by atoms with Gasteiger partial charge in [-0.25, -0.2) is 0 Å². The highest BCUT2D eigenvalue weighted by Crippen LogP contribution is 2.28. The molecule has 0 spiro atoms. The fourth-order valence-corrected chi connectivity index (χ4v) is 2.87. The van der Waals surface area contributed by atoms with E-state index in [1.807, 2.05) is 39.0 Å². The Morgan fingerprint density at radius 2 is 2.11 bits per heavy atom. The molecule has 4 heteroatoms. The van der Waals surface area contributed by atoms with Gasteiger partial charge in [-0.05, 0) is 44.9 Å². The van der Waals surface area contributed by atoms with Crippen LogP contribution in [0.1, 0.15) is 39.2 Å². The summed E-state index contributed by atoms with van der Waals surface area (Å²) in [5, 5.41) is 2.93. The molecule has 106 valence electrons. The number of anilines is 1. The minimum atomic E-state index is -0.111. The molecule has 2 atom stereocenters. The van der Waals surface area contributed by atoms with Gasteiger partial charge in [0.2, 0.25) is 5.91 Å². The fraction of sp³-hybridized carbons (Fsp3) is 0.533. The maximum Gasteiger partial charge on any atom is 0.233 e. The molecule has 0 aliphatic heterocycles. The molecule has 0 saturated carbocycles. The van der Waals surface area contributed by atoms with Gasteiger partial charge in [-0.1, -0.05) is 19.4 Å². The number of hydrogen-bond acceptors (Lipinski definition) is 3. The van der Waals surface area contributed by atoms with E-state index in [1.165, 1.54) is 0 Å². The molecule has 0 fully saturated rings. The molecule has 0 aromatic heterocycles. The van der Waals surface area contributed by atoms with Crippen LogP contribution in [0.3, 0.4) is 0 Å². The number of benzene rings is 1. The standard InChI is InChI=1S/C15H24N2OS/c1-5-6-11(3)17-15(18)12(4)19-14-9-13(16)8-7-10(14)2/h7-9,11-12H,5-6,16H2,1-4H3,(H,17,18). The molecule has 3 N–H and O–H groups in total. The second kappa shape index (κ2) is 7.43. The number of aryl methyl sites for hydroxylation is 1. The summed E-state index contributed by atoms with van der Waals surface area (Å²) in [6, 6.07) is 6.04. The summed E-state index contributed by atoms with van der Waals surface area (Å²) in [7, 11) is 0. The summed E-state index contributed by atoms with van der Waals surface area (Å²) in [5.41, 5.74) is 7.68. The second-order valence-corrected chi connectivity index (χ2v) is 6.37. The van der Waals surface area contributed by atoms with Gasteiger partial charge in [-0.3, -0.25) is 4.79 Å². The molecule has 3 nitrogen and oxygen atoms in total. The molecule has 1 aromatic rings. The number of thioether (sulfide) groups is 1. The number of nitrogens with one attached hydrogen (secondary N) is 1. The minimum Gasteiger partial charge on any atom is -0.399 e. The smallest absolute Gasteiger partial charge is 0.233 e. The molecule has 19 heavy (non-hydrogen) atoms. The lowest BCUT2D eigenvalue weighted by Crippen LogP contribution is -2.37. The highest BCUT2D eigenvalue weighted by Gasteiger charge is 2.17. The van der Waals surface area contributed by atoms with Crippen LogP contribution in [0.2, 0.25) is 0 Å². The number of rotatable bonds is 6. The number of amides is 1. The average molecular weight is 280 g/mol. The van der Waals surface area contributed by atoms with Crippen molar-refractivity contribution in [2.45, 2.75) is 56.7 Å². The van der Waals surface area contributed by atoms with Crippen LogP contribution < -0.4 is 11.1 Å². The fourth-order valence-electron chi connectivity index (χ4n) is 1.85. The van der Waals surface area contributed by atoms with Crippen LogP contribution in [0.15, 0.2) is 23.1 Å². The third-order valence-corrected chi connectivity index (χ3v) is 4.26. The van der Waals surface area contributed by atoms with E-state index in [-0.39, 0.29) is 17.2 Å². The maximum atomic E-state index is 12.1. The largest absolute Gasteiger partial charge is 0.399 e. The van der Waals surface area contributed by atoms with Gasteiger partial charge in [-0.2, -0.15) is 0 Å². The summed E-state index contributed by atoms with van der Waals surface area (Å²) in [6.07, 6.45) is 2.09. The van der Waals surface area contributed by atoms with Crippen LogP contribution in [-0.4, -0.2) is 17.2 Å². The maximum absolute atomic E-state index is 12.1. The first-order valence-corrected chi connectivity index (χ1v) is 7.65. The molecular weight excluding hydrogens is 256 g/mol. The Bertz CT molecular complexity index is 434. The Labute approximate surface area is 120 Å². The van der Waals surface area contributed by atoms with Crippen LogP contribution in [0.25, 0.3) is 0 Å².